The summed E-state index contributed by atoms with van der Waals surface area (Å²) in [4.78, 5) is 28.7. The molecule has 0 saturated heterocycles. The molecule has 0 unspecified atom stereocenters. The molecule has 0 heterocycles. The maximum atomic E-state index is 12.4. The van der Waals surface area contributed by atoms with Crippen molar-refractivity contribution in [1.29, 1.82) is 0 Å². The zero-order valence-electron chi connectivity index (χ0n) is 30.9. The molecule has 2 aliphatic rings. The molecule has 7 heteroatoms. The normalized spacial score (nSPS) is 20.5. The highest BCUT2D eigenvalue weighted by atomic mass is 32.2. The highest BCUT2D eigenvalue weighted by Gasteiger charge is 2.30. The fourth-order valence-electron chi connectivity index (χ4n) is 7.69. The van der Waals surface area contributed by atoms with Crippen LogP contribution in [0.4, 0.5) is 0 Å². The summed E-state index contributed by atoms with van der Waals surface area (Å²) >= 11 is 0. The number of nitrogens with zero attached hydrogens (tertiary/aromatic N) is 2. The molecule has 2 aliphatic carbocycles. The van der Waals surface area contributed by atoms with Crippen LogP contribution in [0.15, 0.2) is 121 Å². The van der Waals surface area contributed by atoms with Crippen molar-refractivity contribution in [2.75, 3.05) is 12.5 Å². The van der Waals surface area contributed by atoms with Crippen molar-refractivity contribution < 1.29 is 18.9 Å². The second-order valence-corrected chi connectivity index (χ2v) is 17.8. The van der Waals surface area contributed by atoms with Gasteiger partial charge in [0.15, 0.2) is 5.78 Å². The first-order chi connectivity index (χ1) is 25.1. The van der Waals surface area contributed by atoms with Crippen LogP contribution in [0.25, 0.3) is 0 Å². The van der Waals surface area contributed by atoms with Gasteiger partial charge in [-0.2, -0.15) is 0 Å². The van der Waals surface area contributed by atoms with Gasteiger partial charge in [-0.05, 0) is 83.1 Å². The predicted molar refractivity (Wildman–Crippen MR) is 214 cm³/mol. The number of benzene rings is 4. The van der Waals surface area contributed by atoms with Crippen molar-refractivity contribution in [2.24, 2.45) is 11.8 Å². The minimum Gasteiger partial charge on any atom is -0.481 e. The van der Waals surface area contributed by atoms with Gasteiger partial charge >= 0.3 is 5.97 Å². The number of carbonyl (C=O) groups is 2. The van der Waals surface area contributed by atoms with Crippen LogP contribution in [-0.2, 0) is 45.3 Å². The third kappa shape index (κ3) is 12.9. The van der Waals surface area contributed by atoms with Crippen LogP contribution in [0.2, 0.25) is 0 Å². The van der Waals surface area contributed by atoms with E-state index in [2.05, 4.69) is 119 Å². The molecule has 6 rings (SSSR count). The summed E-state index contributed by atoms with van der Waals surface area (Å²) in [7, 11) is -2.12. The van der Waals surface area contributed by atoms with Crippen LogP contribution in [-0.4, -0.2) is 60.8 Å². The monoisotopic (exact) mass is 720 g/mol. The molecular weight excluding hydrogens is 665 g/mol. The van der Waals surface area contributed by atoms with Crippen LogP contribution in [0.1, 0.15) is 73.6 Å². The maximum Gasteiger partial charge on any atom is 0.306 e. The summed E-state index contributed by atoms with van der Waals surface area (Å²) < 4.78 is 11.9. The Labute approximate surface area is 311 Å². The average molecular weight is 721 g/mol. The second kappa shape index (κ2) is 19.7. The highest BCUT2D eigenvalue weighted by Crippen LogP contribution is 2.31. The Morgan fingerprint density at radius 3 is 1.10 bits per heavy atom. The lowest BCUT2D eigenvalue weighted by atomic mass is 9.83. The molecule has 0 atom stereocenters. The number of hydrogen-bond donors (Lipinski definition) is 1. The lowest BCUT2D eigenvalue weighted by Gasteiger charge is -2.36. The molecule has 4 aromatic rings. The van der Waals surface area contributed by atoms with Gasteiger partial charge in [0.2, 0.25) is 0 Å². The second-order valence-electron chi connectivity index (χ2n) is 14.9. The number of carboxylic acid groups (broad SMARTS) is 1. The molecular formula is C45H56N2O4S. The lowest BCUT2D eigenvalue weighted by Crippen LogP contribution is -2.38. The standard InChI is InChI=1S/C24H31NO2S.C21H25NO2/c1-28(2,27)19-24(26)22-13-15-23(16-14-22)25(17-20-9-5-3-6-10-20)18-21-11-7-4-8-12-21;23-21(24)19-11-13-20(14-12-19)22(15-17-7-3-1-4-8-17)16-18-9-5-2-6-10-18/h3-12,19,22-23H,13-18H2,1-2H3;1-10,19-20H,11-16H2,(H,23,24). The Bertz CT molecular complexity index is 1690. The summed E-state index contributed by atoms with van der Waals surface area (Å²) in [6.07, 6.45) is 10.6. The van der Waals surface area contributed by atoms with Crippen molar-refractivity contribution in [2.45, 2.75) is 89.6 Å². The van der Waals surface area contributed by atoms with E-state index in [0.29, 0.717) is 12.1 Å². The summed E-state index contributed by atoms with van der Waals surface area (Å²) in [6, 6.07) is 43.2. The van der Waals surface area contributed by atoms with E-state index in [0.717, 1.165) is 77.5 Å². The molecule has 1 N–H and O–H groups in total. The number of carboxylic acids is 1. The van der Waals surface area contributed by atoms with E-state index < -0.39 is 15.5 Å². The van der Waals surface area contributed by atoms with E-state index in [1.807, 2.05) is 12.1 Å². The Hall–Kier alpha value is -4.04. The van der Waals surface area contributed by atoms with Crippen molar-refractivity contribution in [1.82, 2.24) is 9.80 Å². The smallest absolute Gasteiger partial charge is 0.306 e. The topological polar surface area (TPSA) is 77.9 Å². The van der Waals surface area contributed by atoms with Crippen LogP contribution in [0.5, 0.6) is 0 Å². The first-order valence-corrected chi connectivity index (χ1v) is 21.3. The molecule has 0 amide bonds. The molecule has 276 valence electrons. The van der Waals surface area contributed by atoms with Gasteiger partial charge in [-0.25, -0.2) is 0 Å². The fraction of sp³-hybridized carbons (Fsp3) is 0.400. The molecule has 0 bridgehead atoms. The SMILES string of the molecule is CS(C)(=O)=CC(=O)C1CCC(N(Cc2ccccc2)Cc2ccccc2)CC1.O=C(O)C1CCC(N(Cc2ccccc2)Cc2ccccc2)CC1. The first-order valence-electron chi connectivity index (χ1n) is 18.8. The highest BCUT2D eigenvalue weighted by molar-refractivity contribution is 8.01. The van der Waals surface area contributed by atoms with Gasteiger partial charge in [-0.1, -0.05) is 121 Å². The van der Waals surface area contributed by atoms with E-state index in [9.17, 15) is 18.9 Å². The summed E-state index contributed by atoms with van der Waals surface area (Å²) in [6.45, 7) is 3.67. The van der Waals surface area contributed by atoms with Crippen LogP contribution < -0.4 is 0 Å². The Kier molecular flexibility index (Phi) is 14.8. The Balaban J connectivity index is 0.000000203. The minimum atomic E-state index is -2.12. The van der Waals surface area contributed by atoms with Crippen LogP contribution in [0, 0.1) is 11.8 Å². The molecule has 0 spiro atoms. The van der Waals surface area contributed by atoms with E-state index >= 15 is 0 Å². The predicted octanol–water partition coefficient (Wildman–Crippen LogP) is 8.50. The molecule has 6 nitrogen and oxygen atoms in total. The quantitative estimate of drug-likeness (QED) is 0.140. The van der Waals surface area contributed by atoms with E-state index in [1.165, 1.54) is 27.6 Å². The number of Topliss-reactive ketones (excluding diaryl/α,β-unsaturated/α-hetero) is 1. The van der Waals surface area contributed by atoms with E-state index in [1.54, 1.807) is 12.5 Å². The number of aliphatic carboxylic acids is 1. The number of carbonyl (C=O) groups excluding carboxylic acids is 1. The van der Waals surface area contributed by atoms with Gasteiger partial charge in [0.1, 0.15) is 0 Å². The molecule has 0 radical (unpaired) electrons. The fourth-order valence-corrected chi connectivity index (χ4v) is 8.44. The third-order valence-corrected chi connectivity index (χ3v) is 11.3. The van der Waals surface area contributed by atoms with Gasteiger partial charge in [0.05, 0.1) is 5.92 Å². The maximum absolute atomic E-state index is 12.4. The van der Waals surface area contributed by atoms with Crippen molar-refractivity contribution >= 4 is 26.6 Å². The molecule has 0 aliphatic heterocycles. The third-order valence-electron chi connectivity index (χ3n) is 10.5. The number of hydrogen-bond acceptors (Lipinski definition) is 5. The van der Waals surface area contributed by atoms with Gasteiger partial charge in [0.25, 0.3) is 0 Å². The molecule has 52 heavy (non-hydrogen) atoms. The van der Waals surface area contributed by atoms with Crippen molar-refractivity contribution in [3.05, 3.63) is 144 Å². The lowest BCUT2D eigenvalue weighted by molar-refractivity contribution is -0.143. The summed E-state index contributed by atoms with van der Waals surface area (Å²) in [5.74, 6) is -0.680. The van der Waals surface area contributed by atoms with Crippen LogP contribution in [0.3, 0.4) is 0 Å². The van der Waals surface area contributed by atoms with E-state index in [-0.39, 0.29) is 17.6 Å². The van der Waals surface area contributed by atoms with Gasteiger partial charge in [-0.15, -0.1) is 0 Å². The molecule has 4 aromatic carbocycles. The molecule has 2 saturated carbocycles. The Morgan fingerprint density at radius 2 is 0.827 bits per heavy atom. The average Bonchev–Trinajstić information content (AvgIpc) is 3.16. The Morgan fingerprint density at radius 1 is 0.538 bits per heavy atom. The number of rotatable bonds is 13. The first kappa shape index (κ1) is 39.2. The zero-order chi connectivity index (χ0) is 36.8. The van der Waals surface area contributed by atoms with Gasteiger partial charge in [-0.3, -0.25) is 23.6 Å². The van der Waals surface area contributed by atoms with Gasteiger partial charge in [0, 0.05) is 62.1 Å². The number of ketones is 1. The van der Waals surface area contributed by atoms with E-state index in [4.69, 9.17) is 0 Å². The minimum absolute atomic E-state index is 0.0345. The van der Waals surface area contributed by atoms with Crippen molar-refractivity contribution in [3.8, 4) is 0 Å². The summed E-state index contributed by atoms with van der Waals surface area (Å²) in [5, 5.41) is 10.7. The molecule has 0 aromatic heterocycles. The summed E-state index contributed by atoms with van der Waals surface area (Å²) in [5.41, 5.74) is 5.27. The zero-order valence-corrected chi connectivity index (χ0v) is 31.7. The van der Waals surface area contributed by atoms with Crippen LogP contribution >= 0.6 is 0 Å². The van der Waals surface area contributed by atoms with Gasteiger partial charge < -0.3 is 5.11 Å². The van der Waals surface area contributed by atoms with Crippen molar-refractivity contribution in [3.63, 3.8) is 0 Å². The largest absolute Gasteiger partial charge is 0.481 e. The molecule has 2 fully saturated rings.